The number of halogens is 1. The lowest BCUT2D eigenvalue weighted by Crippen LogP contribution is -2.44. The fraction of sp³-hybridized carbons (Fsp3) is 0.615. The van der Waals surface area contributed by atoms with Crippen LogP contribution in [0.5, 0.6) is 0 Å². The standard InChI is InChI=1S/C13H18ClN3OS/c1-9-3-4-16(8-11(9)18-2)12-10(7-14)17-5-6-19-13(17)15-12/h5-6,9,11H,3-4,7-8H2,1-2H3. The highest BCUT2D eigenvalue weighted by Crippen LogP contribution is 2.30. The molecule has 0 saturated carbocycles. The van der Waals surface area contributed by atoms with Crippen LogP contribution in [0.15, 0.2) is 11.6 Å². The van der Waals surface area contributed by atoms with E-state index in [1.165, 1.54) is 0 Å². The first-order chi connectivity index (χ1) is 9.24. The Bertz CT molecular complexity index is 567. The van der Waals surface area contributed by atoms with Gasteiger partial charge in [0.25, 0.3) is 0 Å². The van der Waals surface area contributed by atoms with Crippen molar-refractivity contribution in [3.05, 3.63) is 17.3 Å². The van der Waals surface area contributed by atoms with E-state index in [0.717, 1.165) is 36.0 Å². The second-order valence-electron chi connectivity index (χ2n) is 5.06. The van der Waals surface area contributed by atoms with E-state index in [2.05, 4.69) is 16.2 Å². The van der Waals surface area contributed by atoms with Crippen LogP contribution in [0.3, 0.4) is 0 Å². The van der Waals surface area contributed by atoms with Crippen molar-refractivity contribution in [2.24, 2.45) is 5.92 Å². The summed E-state index contributed by atoms with van der Waals surface area (Å²) in [6, 6.07) is 0. The van der Waals surface area contributed by atoms with Gasteiger partial charge in [-0.15, -0.1) is 22.9 Å². The molecule has 0 N–H and O–H groups in total. The van der Waals surface area contributed by atoms with E-state index in [4.69, 9.17) is 21.3 Å². The molecule has 1 fully saturated rings. The summed E-state index contributed by atoms with van der Waals surface area (Å²) in [5, 5.41) is 2.04. The van der Waals surface area contributed by atoms with E-state index in [1.807, 2.05) is 11.6 Å². The van der Waals surface area contributed by atoms with Gasteiger partial charge in [0, 0.05) is 31.8 Å². The summed E-state index contributed by atoms with van der Waals surface area (Å²) < 4.78 is 7.67. The zero-order chi connectivity index (χ0) is 13.4. The minimum atomic E-state index is 0.275. The molecule has 0 aromatic carbocycles. The minimum Gasteiger partial charge on any atom is -0.379 e. The molecule has 2 unspecified atom stereocenters. The molecule has 2 aromatic heterocycles. The third-order valence-electron chi connectivity index (χ3n) is 3.96. The van der Waals surface area contributed by atoms with Gasteiger partial charge < -0.3 is 9.64 Å². The van der Waals surface area contributed by atoms with E-state index in [-0.39, 0.29) is 6.10 Å². The van der Waals surface area contributed by atoms with Gasteiger partial charge in [-0.05, 0) is 12.3 Å². The highest BCUT2D eigenvalue weighted by atomic mass is 35.5. The molecule has 3 rings (SSSR count). The molecule has 0 spiro atoms. The molecular formula is C13H18ClN3OS. The first-order valence-electron chi connectivity index (χ1n) is 6.52. The minimum absolute atomic E-state index is 0.275. The number of imidazole rings is 1. The normalized spacial score (nSPS) is 24.3. The van der Waals surface area contributed by atoms with Crippen molar-refractivity contribution in [1.82, 2.24) is 9.38 Å². The Morgan fingerprint density at radius 3 is 3.16 bits per heavy atom. The van der Waals surface area contributed by atoms with Crippen LogP contribution in [-0.4, -0.2) is 35.7 Å². The van der Waals surface area contributed by atoms with Crippen LogP contribution in [0.25, 0.3) is 4.96 Å². The van der Waals surface area contributed by atoms with Gasteiger partial charge in [0.05, 0.1) is 17.7 Å². The van der Waals surface area contributed by atoms with Gasteiger partial charge in [0.15, 0.2) is 10.8 Å². The number of piperidine rings is 1. The molecule has 0 bridgehead atoms. The Hall–Kier alpha value is -0.780. The molecule has 0 aliphatic carbocycles. The fourth-order valence-corrected chi connectivity index (χ4v) is 3.71. The van der Waals surface area contributed by atoms with E-state index in [0.29, 0.717) is 11.8 Å². The second-order valence-corrected chi connectivity index (χ2v) is 6.20. The SMILES string of the molecule is COC1CN(c2nc3sccn3c2CCl)CCC1C. The molecule has 0 radical (unpaired) electrons. The Morgan fingerprint density at radius 2 is 2.42 bits per heavy atom. The van der Waals surface area contributed by atoms with Crippen LogP contribution in [0, 0.1) is 5.92 Å². The van der Waals surface area contributed by atoms with E-state index in [9.17, 15) is 0 Å². The third-order valence-corrected chi connectivity index (χ3v) is 4.97. The average Bonchev–Trinajstić information content (AvgIpc) is 2.99. The number of fused-ring (bicyclic) bond motifs is 1. The van der Waals surface area contributed by atoms with Crippen LogP contribution in [0.1, 0.15) is 19.0 Å². The number of hydrogen-bond donors (Lipinski definition) is 0. The molecule has 6 heteroatoms. The number of hydrogen-bond acceptors (Lipinski definition) is 4. The van der Waals surface area contributed by atoms with Crippen molar-refractivity contribution in [1.29, 1.82) is 0 Å². The molecule has 1 aliphatic rings. The number of nitrogens with zero attached hydrogens (tertiary/aromatic N) is 3. The van der Waals surface area contributed by atoms with Crippen molar-refractivity contribution in [3.8, 4) is 0 Å². The van der Waals surface area contributed by atoms with Crippen molar-refractivity contribution >= 4 is 33.7 Å². The fourth-order valence-electron chi connectivity index (χ4n) is 2.73. The van der Waals surface area contributed by atoms with Gasteiger partial charge in [-0.2, -0.15) is 0 Å². The summed E-state index contributed by atoms with van der Waals surface area (Å²) in [4.78, 5) is 8.05. The molecule has 1 saturated heterocycles. The summed E-state index contributed by atoms with van der Waals surface area (Å²) in [7, 11) is 1.79. The van der Waals surface area contributed by atoms with Gasteiger partial charge in [0.1, 0.15) is 0 Å². The molecule has 4 nitrogen and oxygen atoms in total. The maximum Gasteiger partial charge on any atom is 0.195 e. The van der Waals surface area contributed by atoms with Gasteiger partial charge in [-0.3, -0.25) is 4.40 Å². The van der Waals surface area contributed by atoms with Crippen LogP contribution < -0.4 is 4.90 Å². The van der Waals surface area contributed by atoms with Gasteiger partial charge in [-0.25, -0.2) is 4.98 Å². The molecule has 104 valence electrons. The van der Waals surface area contributed by atoms with E-state index >= 15 is 0 Å². The van der Waals surface area contributed by atoms with Crippen LogP contribution in [0.4, 0.5) is 5.82 Å². The maximum absolute atomic E-state index is 6.11. The highest BCUT2D eigenvalue weighted by molar-refractivity contribution is 7.15. The van der Waals surface area contributed by atoms with Crippen molar-refractivity contribution < 1.29 is 4.74 Å². The third kappa shape index (κ3) is 2.24. The zero-order valence-electron chi connectivity index (χ0n) is 11.2. The maximum atomic E-state index is 6.11. The summed E-state index contributed by atoms with van der Waals surface area (Å²) in [6.07, 6.45) is 3.44. The monoisotopic (exact) mass is 299 g/mol. The lowest BCUT2D eigenvalue weighted by molar-refractivity contribution is 0.0496. The van der Waals surface area contributed by atoms with E-state index in [1.54, 1.807) is 18.4 Å². The number of thiazole rings is 1. The predicted octanol–water partition coefficient (Wildman–Crippen LogP) is 3.00. The first kappa shape index (κ1) is 13.2. The van der Waals surface area contributed by atoms with Crippen molar-refractivity contribution in [2.75, 3.05) is 25.1 Å². The van der Waals surface area contributed by atoms with Crippen LogP contribution >= 0.6 is 22.9 Å². The van der Waals surface area contributed by atoms with Crippen molar-refractivity contribution in [3.63, 3.8) is 0 Å². The highest BCUT2D eigenvalue weighted by Gasteiger charge is 2.29. The Kier molecular flexibility index (Phi) is 3.69. The van der Waals surface area contributed by atoms with Gasteiger partial charge in [0.2, 0.25) is 0 Å². The number of alkyl halides is 1. The van der Waals surface area contributed by atoms with Crippen LogP contribution in [0.2, 0.25) is 0 Å². The molecule has 2 atom stereocenters. The lowest BCUT2D eigenvalue weighted by Gasteiger charge is -2.36. The number of methoxy groups -OCH3 is 1. The summed E-state index contributed by atoms with van der Waals surface area (Å²) in [6.45, 7) is 4.17. The van der Waals surface area contributed by atoms with Gasteiger partial charge >= 0.3 is 0 Å². The second kappa shape index (κ2) is 5.31. The summed E-state index contributed by atoms with van der Waals surface area (Å²) in [5.74, 6) is 2.11. The molecule has 2 aromatic rings. The number of aromatic nitrogens is 2. The quantitative estimate of drug-likeness (QED) is 0.816. The Morgan fingerprint density at radius 1 is 1.58 bits per heavy atom. The topological polar surface area (TPSA) is 29.8 Å². The summed E-state index contributed by atoms with van der Waals surface area (Å²) in [5.41, 5.74) is 1.09. The van der Waals surface area contributed by atoms with Crippen molar-refractivity contribution in [2.45, 2.75) is 25.3 Å². The number of ether oxygens (including phenoxy) is 1. The molecule has 0 amide bonds. The predicted molar refractivity (Wildman–Crippen MR) is 79.4 cm³/mol. The number of rotatable bonds is 3. The molecular weight excluding hydrogens is 282 g/mol. The zero-order valence-corrected chi connectivity index (χ0v) is 12.7. The van der Waals surface area contributed by atoms with Gasteiger partial charge in [-0.1, -0.05) is 6.92 Å². The average molecular weight is 300 g/mol. The van der Waals surface area contributed by atoms with E-state index < -0.39 is 0 Å². The largest absolute Gasteiger partial charge is 0.379 e. The molecule has 1 aliphatic heterocycles. The Labute approximate surface area is 121 Å². The molecule has 3 heterocycles. The van der Waals surface area contributed by atoms with Crippen LogP contribution in [-0.2, 0) is 10.6 Å². The summed E-state index contributed by atoms with van der Waals surface area (Å²) >= 11 is 7.76. The lowest BCUT2D eigenvalue weighted by atomic mass is 9.96. The Balaban J connectivity index is 1.93. The number of anilines is 1. The smallest absolute Gasteiger partial charge is 0.195 e. The molecule has 19 heavy (non-hydrogen) atoms. The first-order valence-corrected chi connectivity index (χ1v) is 7.94.